The zero-order valence-electron chi connectivity index (χ0n) is 39.4. The number of pyridine rings is 1. The third-order valence-corrected chi connectivity index (χ3v) is 17.2. The molecule has 2 aliphatic heterocycles. The molecule has 0 unspecified atom stereocenters. The van der Waals surface area contributed by atoms with Crippen LogP contribution in [-0.4, -0.2) is 113 Å². The standard InChI is InChI=1S/C50H59ClN8O8S2/c1-34(15-18-56-23-25-68(64,26-24-56)54-35(2)60)27-37-7-11-43(30-46(37)59(62)63)69(65,66)55-49(61)44-12-10-41(29-47(44)67-42-28-38-14-17-52-48(38)53-32-42)58-21-19-57(20-22-58)33-39-13-16-50(3,4)31-45(39)36-5-8-40(51)9-6-36/h5-12,14,17,28-30,32,34H,13,15-16,18-27,31,33H2,1-4H3,(H,52,53)(H,55,61)/t34-/m0/s1. The average Bonchev–Trinajstić information content (AvgIpc) is 3.77. The molecule has 0 bridgehead atoms. The molecule has 2 amide bonds. The van der Waals surface area contributed by atoms with E-state index in [9.17, 15) is 32.3 Å². The van der Waals surface area contributed by atoms with Crippen molar-refractivity contribution in [1.29, 1.82) is 0 Å². The number of H-pyrrole nitrogens is 1. The first-order chi connectivity index (χ1) is 32.8. The fraction of sp³-hybridized carbons (Fsp3) is 0.420. The Labute approximate surface area is 408 Å². The minimum absolute atomic E-state index is 0.0153. The summed E-state index contributed by atoms with van der Waals surface area (Å²) in [6.45, 7) is 13.5. The summed E-state index contributed by atoms with van der Waals surface area (Å²) in [5.41, 5.74) is 5.67. The summed E-state index contributed by atoms with van der Waals surface area (Å²) in [5, 5.41) is 13.8. The molecule has 0 radical (unpaired) electrons. The van der Waals surface area contributed by atoms with Gasteiger partial charge in [0.05, 0.1) is 31.3 Å². The molecule has 16 nitrogen and oxygen atoms in total. The van der Waals surface area contributed by atoms with Crippen molar-refractivity contribution in [3.05, 3.63) is 123 Å². The predicted octanol–water partition coefficient (Wildman–Crippen LogP) is 8.72. The summed E-state index contributed by atoms with van der Waals surface area (Å²) < 4.78 is 52.8. The maximum Gasteiger partial charge on any atom is 0.273 e. The number of hydrogen-bond donors (Lipinski definition) is 2. The number of hydrogen-bond acceptors (Lipinski definition) is 12. The van der Waals surface area contributed by atoms with Gasteiger partial charge >= 0.3 is 0 Å². The number of nitrogens with zero attached hydrogens (tertiary/aromatic N) is 6. The number of halogens is 1. The molecular weight excluding hydrogens is 940 g/mol. The minimum atomic E-state index is -4.60. The Bertz CT molecular complexity index is 3020. The van der Waals surface area contributed by atoms with Gasteiger partial charge in [0.1, 0.15) is 17.1 Å². The molecule has 2 aromatic heterocycles. The Morgan fingerprint density at radius 2 is 1.74 bits per heavy atom. The predicted molar refractivity (Wildman–Crippen MR) is 270 cm³/mol. The second-order valence-electron chi connectivity index (χ2n) is 19.3. The van der Waals surface area contributed by atoms with E-state index >= 15 is 0 Å². The lowest BCUT2D eigenvalue weighted by molar-refractivity contribution is -0.385. The smallest absolute Gasteiger partial charge is 0.273 e. The van der Waals surface area contributed by atoms with E-state index in [0.717, 1.165) is 61.1 Å². The molecule has 0 saturated carbocycles. The number of anilines is 1. The Morgan fingerprint density at radius 1 is 1.00 bits per heavy atom. The third-order valence-electron chi connectivity index (χ3n) is 13.4. The molecule has 19 heteroatoms. The Balaban J connectivity index is 0.960. The largest absolute Gasteiger partial charge is 0.455 e. The SMILES string of the molecule is CC(=O)N=S1(=O)CCN(CC[C@H](C)Cc2ccc(S(=O)(=O)NC(=O)c3ccc(N4CCN(CC5=C(c6ccc(Cl)cc6)CC(C)(C)CC5)CC4)cc3Oc3cnc4[nH]ccc4c3)cc2[N+](=O)[O-])CC1. The van der Waals surface area contributed by atoms with Gasteiger partial charge in [-0.15, -0.1) is 0 Å². The van der Waals surface area contributed by atoms with E-state index in [1.54, 1.807) is 24.4 Å². The van der Waals surface area contributed by atoms with E-state index in [2.05, 4.69) is 59.7 Å². The number of carbonyl (C=O) groups is 2. The number of nitrogens with one attached hydrogen (secondary N) is 2. The van der Waals surface area contributed by atoms with Crippen LogP contribution in [0, 0.1) is 21.4 Å². The van der Waals surface area contributed by atoms with Gasteiger partial charge in [0.2, 0.25) is 0 Å². The van der Waals surface area contributed by atoms with E-state index in [-0.39, 0.29) is 28.3 Å². The highest BCUT2D eigenvalue weighted by molar-refractivity contribution is 7.94. The summed E-state index contributed by atoms with van der Waals surface area (Å²) >= 11 is 6.25. The molecule has 1 aliphatic carbocycles. The molecular formula is C50H59ClN8O8S2. The summed E-state index contributed by atoms with van der Waals surface area (Å²) in [4.78, 5) is 51.1. The van der Waals surface area contributed by atoms with Crippen LogP contribution < -0.4 is 14.4 Å². The number of piperazine rings is 1. The second kappa shape index (κ2) is 20.7. The maximum absolute atomic E-state index is 14.0. The van der Waals surface area contributed by atoms with Crippen molar-refractivity contribution in [2.24, 2.45) is 15.7 Å². The summed E-state index contributed by atoms with van der Waals surface area (Å²) in [6.07, 6.45) is 7.42. The summed E-state index contributed by atoms with van der Waals surface area (Å²) in [7, 11) is -7.14. The van der Waals surface area contributed by atoms with Crippen molar-refractivity contribution < 1.29 is 31.9 Å². The molecule has 1 atom stereocenters. The van der Waals surface area contributed by atoms with Crippen molar-refractivity contribution in [3.8, 4) is 11.5 Å². The monoisotopic (exact) mass is 998 g/mol. The number of allylic oxidation sites excluding steroid dienone is 1. The minimum Gasteiger partial charge on any atom is -0.455 e. The number of sulfonamides is 1. The van der Waals surface area contributed by atoms with Crippen LogP contribution in [0.4, 0.5) is 11.4 Å². The van der Waals surface area contributed by atoms with Crippen molar-refractivity contribution >= 4 is 71.1 Å². The zero-order valence-corrected chi connectivity index (χ0v) is 41.8. The number of benzene rings is 3. The van der Waals surface area contributed by atoms with Crippen molar-refractivity contribution in [2.75, 3.05) is 68.8 Å². The van der Waals surface area contributed by atoms with Gasteiger partial charge in [-0.05, 0) is 104 Å². The number of carbonyl (C=O) groups excluding carboxylic acids is 2. The number of nitro groups is 1. The highest BCUT2D eigenvalue weighted by Crippen LogP contribution is 2.43. The van der Waals surface area contributed by atoms with Gasteiger partial charge in [-0.25, -0.2) is 22.3 Å². The highest BCUT2D eigenvalue weighted by atomic mass is 35.5. The van der Waals surface area contributed by atoms with E-state index in [4.69, 9.17) is 16.3 Å². The van der Waals surface area contributed by atoms with E-state index < -0.39 is 41.4 Å². The van der Waals surface area contributed by atoms with Crippen LogP contribution in [0.3, 0.4) is 0 Å². The normalized spacial score (nSPS) is 18.2. The number of amides is 2. The molecule has 366 valence electrons. The number of nitro benzene ring substituents is 1. The number of ether oxygens (including phenoxy) is 1. The van der Waals surface area contributed by atoms with Crippen LogP contribution in [0.15, 0.2) is 100 Å². The Hall–Kier alpha value is -5.66. The summed E-state index contributed by atoms with van der Waals surface area (Å²) in [6, 6.07) is 20.5. The molecule has 3 aromatic carbocycles. The Morgan fingerprint density at radius 3 is 2.45 bits per heavy atom. The zero-order chi connectivity index (χ0) is 49.1. The van der Waals surface area contributed by atoms with E-state index in [0.29, 0.717) is 74.0 Å². The van der Waals surface area contributed by atoms with Crippen molar-refractivity contribution in [2.45, 2.75) is 64.7 Å². The molecule has 0 spiro atoms. The molecule has 2 N–H and O–H groups in total. The van der Waals surface area contributed by atoms with Crippen LogP contribution in [0.5, 0.6) is 11.5 Å². The summed E-state index contributed by atoms with van der Waals surface area (Å²) in [5.74, 6) is -0.354. The lowest BCUT2D eigenvalue weighted by atomic mass is 9.72. The van der Waals surface area contributed by atoms with Gasteiger partial charge in [-0.3, -0.25) is 24.6 Å². The first-order valence-electron chi connectivity index (χ1n) is 23.3. The van der Waals surface area contributed by atoms with Crippen LogP contribution in [0.2, 0.25) is 5.02 Å². The van der Waals surface area contributed by atoms with Crippen molar-refractivity contribution in [1.82, 2.24) is 24.5 Å². The van der Waals surface area contributed by atoms with Gasteiger partial charge < -0.3 is 19.5 Å². The fourth-order valence-electron chi connectivity index (χ4n) is 9.46. The second-order valence-corrected chi connectivity index (χ2v) is 23.9. The molecule has 69 heavy (non-hydrogen) atoms. The molecule has 4 heterocycles. The van der Waals surface area contributed by atoms with E-state index in [1.807, 2.05) is 25.1 Å². The average molecular weight is 1000 g/mol. The first kappa shape index (κ1) is 49.8. The number of aromatic amines is 1. The van der Waals surface area contributed by atoms with Crippen LogP contribution >= 0.6 is 11.6 Å². The van der Waals surface area contributed by atoms with Gasteiger partial charge in [-0.2, -0.15) is 4.36 Å². The van der Waals surface area contributed by atoms with Crippen molar-refractivity contribution in [3.63, 3.8) is 0 Å². The van der Waals surface area contributed by atoms with Gasteiger partial charge in [0.15, 0.2) is 0 Å². The molecule has 5 aromatic rings. The fourth-order valence-corrected chi connectivity index (χ4v) is 12.5. The number of fused-ring (bicyclic) bond motifs is 1. The van der Waals surface area contributed by atoms with Gasteiger partial charge in [-0.1, -0.05) is 56.1 Å². The lowest BCUT2D eigenvalue weighted by Crippen LogP contribution is -2.47. The molecule has 2 fully saturated rings. The number of rotatable bonds is 15. The first-order valence-corrected chi connectivity index (χ1v) is 27.0. The number of aromatic nitrogens is 2. The Kier molecular flexibility index (Phi) is 15.0. The van der Waals surface area contributed by atoms with Crippen LogP contribution in [-0.2, 0) is 31.0 Å². The topological polar surface area (TPSA) is 201 Å². The lowest BCUT2D eigenvalue weighted by Gasteiger charge is -2.39. The molecule has 8 rings (SSSR count). The highest BCUT2D eigenvalue weighted by Gasteiger charge is 2.31. The third kappa shape index (κ3) is 12.4. The van der Waals surface area contributed by atoms with Crippen LogP contribution in [0.25, 0.3) is 16.6 Å². The van der Waals surface area contributed by atoms with Gasteiger partial charge in [0, 0.05) is 104 Å². The quantitative estimate of drug-likeness (QED) is 0.0748. The van der Waals surface area contributed by atoms with Crippen LogP contribution in [0.1, 0.15) is 74.9 Å². The maximum atomic E-state index is 14.0. The molecule has 2 saturated heterocycles. The molecule has 3 aliphatic rings. The van der Waals surface area contributed by atoms with E-state index in [1.165, 1.54) is 48.0 Å². The van der Waals surface area contributed by atoms with Gasteiger partial charge in [0.25, 0.3) is 27.5 Å².